The van der Waals surface area contributed by atoms with Gasteiger partial charge in [0, 0.05) is 77.1 Å². The Balaban J connectivity index is 0.0000000963. The van der Waals surface area contributed by atoms with E-state index in [4.69, 9.17) is 19.9 Å². The van der Waals surface area contributed by atoms with Gasteiger partial charge in [0.25, 0.3) is 0 Å². The lowest BCUT2D eigenvalue weighted by Gasteiger charge is -2.34. The Morgan fingerprint density at radius 2 is 0.550 bits per heavy atom. The van der Waals surface area contributed by atoms with Gasteiger partial charge in [-0.05, 0) is 238 Å². The maximum atomic E-state index is 5.12. The lowest BCUT2D eigenvalue weighted by atomic mass is 9.97. The molecular weight excluding hydrogens is 1720 g/mol. The van der Waals surface area contributed by atoms with Gasteiger partial charge in [-0.3, -0.25) is 33.2 Å². The number of anilines is 12. The first-order chi connectivity index (χ1) is 69.5. The molecule has 0 N–H and O–H groups in total. The van der Waals surface area contributed by atoms with Crippen molar-refractivity contribution in [3.63, 3.8) is 0 Å². The van der Waals surface area contributed by atoms with Crippen molar-refractivity contribution in [2.24, 2.45) is 0 Å². The zero-order valence-electron chi connectivity index (χ0n) is 75.4. The lowest BCUT2D eigenvalue weighted by molar-refractivity contribution is 1.02. The zero-order valence-corrected chi connectivity index (χ0v) is 75.4. The number of aromatic nitrogens is 13. The van der Waals surface area contributed by atoms with Crippen LogP contribution in [0.15, 0.2) is 492 Å². The Morgan fingerprint density at radius 1 is 0.171 bits per heavy atom. The number of imidazole rings is 4. The second kappa shape index (κ2) is 34.6. The van der Waals surface area contributed by atoms with Crippen molar-refractivity contribution in [3.8, 4) is 113 Å². The van der Waals surface area contributed by atoms with Crippen LogP contribution in [0.2, 0.25) is 0 Å². The van der Waals surface area contributed by atoms with E-state index >= 15 is 0 Å². The molecule has 4 aliphatic heterocycles. The molecule has 0 aliphatic carbocycles. The van der Waals surface area contributed by atoms with Crippen LogP contribution in [-0.4, -0.2) is 63.1 Å². The molecule has 4 aliphatic rings. The number of hydrogen-bond donors (Lipinski definition) is 0. The van der Waals surface area contributed by atoms with E-state index in [2.05, 4.69) is 463 Å². The molecule has 658 valence electrons. The zero-order chi connectivity index (χ0) is 92.5. The Labute approximate surface area is 806 Å². The fourth-order valence-electron chi connectivity index (χ4n) is 20.3. The highest BCUT2D eigenvalue weighted by atomic mass is 15.3. The third-order valence-corrected chi connectivity index (χ3v) is 26.4. The molecular formula is C123H81N17. The van der Waals surface area contributed by atoms with Crippen molar-refractivity contribution in [2.45, 2.75) is 0 Å². The van der Waals surface area contributed by atoms with Crippen molar-refractivity contribution < 1.29 is 0 Å². The molecule has 0 bridgehead atoms. The maximum Gasteiger partial charge on any atom is 0.196 e. The highest BCUT2D eigenvalue weighted by Crippen LogP contribution is 2.56. The summed E-state index contributed by atoms with van der Waals surface area (Å²) in [6.07, 6.45) is 12.7. The highest BCUT2D eigenvalue weighted by Gasteiger charge is 2.36. The Bertz CT molecular complexity index is 8970. The number of hydrogen-bond acceptors (Lipinski definition) is 13. The van der Waals surface area contributed by atoms with Gasteiger partial charge in [0.05, 0.1) is 118 Å². The van der Waals surface area contributed by atoms with Gasteiger partial charge in [-0.2, -0.15) is 0 Å². The molecule has 0 fully saturated rings. The number of pyridine rings is 3. The van der Waals surface area contributed by atoms with E-state index < -0.39 is 0 Å². The number of nitrogens with zero attached hydrogens (tertiary/aromatic N) is 17. The summed E-state index contributed by atoms with van der Waals surface area (Å²) >= 11 is 0. The van der Waals surface area contributed by atoms with E-state index in [0.717, 1.165) is 175 Å². The quantitative estimate of drug-likeness (QED) is 0.114. The summed E-state index contributed by atoms with van der Waals surface area (Å²) in [5.74, 6) is 4.04. The van der Waals surface area contributed by atoms with Crippen molar-refractivity contribution in [1.29, 1.82) is 0 Å². The summed E-state index contributed by atoms with van der Waals surface area (Å²) in [6, 6.07) is 157. The molecule has 0 spiro atoms. The van der Waals surface area contributed by atoms with E-state index in [-0.39, 0.29) is 0 Å². The van der Waals surface area contributed by atoms with E-state index in [9.17, 15) is 0 Å². The SMILES string of the molecule is c1ccc(-c2cc(-c3ccccc3)cc(N3c4ccccc4-n4c(-c5ccncc5)nc5cccc3c54)c2)cc1.c1ccc(-c2cccc(N3c4ccccc4-n4c(-c5ccccn5)nc5cccc3c54)c2)cc1.c1ccc(-c2ccccc2N2c3ccccc3-n3c(-c4cccnc4)nc4cccc2c43)cc1.c1cnc(-c2nc3cccc4c3n2-c2ccccc2N4c2ccc3ccccc3c2)nc1. The Morgan fingerprint density at radius 3 is 1.07 bits per heavy atom. The molecule has 17 heteroatoms. The third-order valence-electron chi connectivity index (χ3n) is 26.4. The standard InChI is InChI=1S/C36H24N4.2C30H20N4.C27H17N5/c1-3-10-25(11-4-1)28-22-29(26-12-5-2-6-13-26)24-30(23-28)39-32-15-7-8-16-33(32)40-35-31(14-9-17-34(35)39)38-36(40)27-18-20-37-21-19-27;1-2-10-21(11-3-1)23-13-4-5-15-25(23)33-26-16-6-7-17-27(26)34-29-24(14-8-18-28(29)33)32-30(34)22-12-9-19-31-20-22;1-2-10-21(11-3-1)22-12-8-13-23(20-22)33-26-16-4-5-17-27(26)34-29-24(15-9-18-28(29)33)32-30(34)25-14-6-7-19-31-25;1-2-8-19-17-20(14-13-18(19)7-1)31-22-10-3-4-11-23(22)32-25-21(9-5-12-24(25)31)30-27(32)26-28-15-6-16-29-26/h1-24H;2*1-20H;1-17H. The van der Waals surface area contributed by atoms with Gasteiger partial charge in [0.1, 0.15) is 17.3 Å². The summed E-state index contributed by atoms with van der Waals surface area (Å²) in [5, 5.41) is 2.44. The van der Waals surface area contributed by atoms with Crippen molar-refractivity contribution in [3.05, 3.63) is 492 Å². The molecule has 0 radical (unpaired) electrons. The first-order valence-electron chi connectivity index (χ1n) is 46.7. The van der Waals surface area contributed by atoms with Gasteiger partial charge >= 0.3 is 0 Å². The van der Waals surface area contributed by atoms with Crippen LogP contribution in [0.1, 0.15) is 0 Å². The average molecular weight is 1800 g/mol. The van der Waals surface area contributed by atoms with E-state index in [1.807, 2.05) is 73.3 Å². The molecule has 0 atom stereocenters. The summed E-state index contributed by atoms with van der Waals surface area (Å²) in [7, 11) is 0. The fraction of sp³-hybridized carbons (Fsp3) is 0. The minimum absolute atomic E-state index is 0.614. The highest BCUT2D eigenvalue weighted by molar-refractivity contribution is 6.09. The molecule has 8 aromatic heterocycles. The number of benzene rings is 17. The minimum Gasteiger partial charge on any atom is -0.306 e. The van der Waals surface area contributed by atoms with Crippen LogP contribution in [0.3, 0.4) is 0 Å². The predicted octanol–water partition coefficient (Wildman–Crippen LogP) is 30.7. The van der Waals surface area contributed by atoms with Gasteiger partial charge in [-0.25, -0.2) is 29.9 Å². The third kappa shape index (κ3) is 14.1. The van der Waals surface area contributed by atoms with Crippen LogP contribution < -0.4 is 19.6 Å². The number of para-hydroxylation sites is 13. The van der Waals surface area contributed by atoms with Crippen molar-refractivity contribution in [1.82, 2.24) is 63.1 Å². The largest absolute Gasteiger partial charge is 0.306 e. The molecule has 0 amide bonds. The second-order valence-electron chi connectivity index (χ2n) is 34.6. The maximum absolute atomic E-state index is 5.12. The summed E-state index contributed by atoms with van der Waals surface area (Å²) in [5.41, 5.74) is 38.3. The molecule has 0 unspecified atom stereocenters. The normalized spacial score (nSPS) is 12.1. The lowest BCUT2D eigenvalue weighted by Crippen LogP contribution is -2.19. The molecule has 0 saturated carbocycles. The van der Waals surface area contributed by atoms with Crippen LogP contribution in [-0.2, 0) is 0 Å². The van der Waals surface area contributed by atoms with Gasteiger partial charge in [0.2, 0.25) is 0 Å². The number of rotatable bonds is 12. The van der Waals surface area contributed by atoms with Crippen LogP contribution >= 0.6 is 0 Å². The summed E-state index contributed by atoms with van der Waals surface area (Å²) < 4.78 is 9.01. The molecule has 17 nitrogen and oxygen atoms in total. The van der Waals surface area contributed by atoms with E-state index in [0.29, 0.717) is 5.82 Å². The van der Waals surface area contributed by atoms with Gasteiger partial charge in [-0.15, -0.1) is 0 Å². The Kier molecular flexibility index (Phi) is 20.1. The van der Waals surface area contributed by atoms with Crippen LogP contribution in [0, 0.1) is 0 Å². The average Bonchev–Trinajstić information content (AvgIpc) is 1.57. The molecule has 0 saturated heterocycles. The first-order valence-corrected chi connectivity index (χ1v) is 46.7. The van der Waals surface area contributed by atoms with E-state index in [1.54, 1.807) is 18.6 Å². The molecule has 29 rings (SSSR count). The molecule has 12 heterocycles. The van der Waals surface area contributed by atoms with Gasteiger partial charge in [0.15, 0.2) is 17.5 Å². The predicted molar refractivity (Wildman–Crippen MR) is 567 cm³/mol. The first kappa shape index (κ1) is 81.4. The molecule has 140 heavy (non-hydrogen) atoms. The van der Waals surface area contributed by atoms with Gasteiger partial charge < -0.3 is 19.6 Å². The Hall–Kier alpha value is -19.4. The smallest absolute Gasteiger partial charge is 0.196 e. The van der Waals surface area contributed by atoms with Crippen LogP contribution in [0.25, 0.3) is 168 Å². The minimum atomic E-state index is 0.614. The monoisotopic (exact) mass is 1800 g/mol. The van der Waals surface area contributed by atoms with Gasteiger partial charge in [-0.1, -0.05) is 261 Å². The van der Waals surface area contributed by atoms with Crippen LogP contribution in [0.4, 0.5) is 68.2 Å². The van der Waals surface area contributed by atoms with Crippen molar-refractivity contribution >= 4 is 123 Å². The summed E-state index contributed by atoms with van der Waals surface area (Å²) in [4.78, 5) is 51.7. The molecule has 25 aromatic rings. The van der Waals surface area contributed by atoms with Crippen molar-refractivity contribution in [2.75, 3.05) is 19.6 Å². The number of fused-ring (bicyclic) bond motifs is 9. The topological polar surface area (TPSA) is 149 Å². The van der Waals surface area contributed by atoms with E-state index in [1.165, 1.54) is 55.3 Å². The second-order valence-corrected chi connectivity index (χ2v) is 34.6. The summed E-state index contributed by atoms with van der Waals surface area (Å²) in [6.45, 7) is 0. The molecule has 17 aromatic carbocycles. The van der Waals surface area contributed by atoms with Crippen LogP contribution in [0.5, 0.6) is 0 Å². The fourth-order valence-corrected chi connectivity index (χ4v) is 20.3.